The molecule has 0 bridgehead atoms. The number of nitriles is 1. The third-order valence-electron chi connectivity index (χ3n) is 5.25. The first-order chi connectivity index (χ1) is 16.0. The number of pyridine rings is 1. The predicted octanol–water partition coefficient (Wildman–Crippen LogP) is 4.17. The van der Waals surface area contributed by atoms with E-state index >= 15 is 0 Å². The molecule has 1 aromatic carbocycles. The maximum atomic E-state index is 14.2. The molecule has 0 aliphatic heterocycles. The van der Waals surface area contributed by atoms with Crippen molar-refractivity contribution in [2.45, 2.75) is 32.9 Å². The van der Waals surface area contributed by atoms with Gasteiger partial charge in [-0.3, -0.25) is 4.90 Å². The first-order valence-corrected chi connectivity index (χ1v) is 10.5. The molecule has 1 amide bonds. The standard InChI is InChI=1S/C24H23FN6O3/c1-24(2,3)34-23(33)30(5)22-19-20(29(4)13-27-19)17-11-18(31(6-7-32)21(17)28-22)15-8-14(12-26)9-16(25)10-15/h7-11,13H,6H2,1-5H3. The Balaban J connectivity index is 2.02. The molecule has 174 valence electrons. The first-order valence-electron chi connectivity index (χ1n) is 10.5. The molecule has 3 aromatic heterocycles. The number of halogens is 1. The normalized spacial score (nSPS) is 11.6. The van der Waals surface area contributed by atoms with Crippen molar-refractivity contribution in [3.63, 3.8) is 0 Å². The van der Waals surface area contributed by atoms with Crippen LogP contribution in [0.4, 0.5) is 15.0 Å². The van der Waals surface area contributed by atoms with E-state index in [-0.39, 0.29) is 17.9 Å². The van der Waals surface area contributed by atoms with Crippen molar-refractivity contribution in [1.82, 2.24) is 19.1 Å². The van der Waals surface area contributed by atoms with Gasteiger partial charge in [0, 0.05) is 25.0 Å². The van der Waals surface area contributed by atoms with E-state index < -0.39 is 17.5 Å². The van der Waals surface area contributed by atoms with Gasteiger partial charge in [-0.25, -0.2) is 19.2 Å². The average molecular weight is 462 g/mol. The minimum atomic E-state index is -0.709. The second-order valence-electron chi connectivity index (χ2n) is 8.91. The fourth-order valence-corrected chi connectivity index (χ4v) is 3.85. The maximum Gasteiger partial charge on any atom is 0.415 e. The average Bonchev–Trinajstić information content (AvgIpc) is 3.32. The zero-order valence-electron chi connectivity index (χ0n) is 19.5. The zero-order valence-corrected chi connectivity index (χ0v) is 19.5. The number of imidazole rings is 1. The summed E-state index contributed by atoms with van der Waals surface area (Å²) in [4.78, 5) is 34.8. The van der Waals surface area contributed by atoms with E-state index in [0.717, 1.165) is 6.07 Å². The van der Waals surface area contributed by atoms with Crippen LogP contribution in [-0.4, -0.2) is 44.1 Å². The number of rotatable bonds is 4. The summed E-state index contributed by atoms with van der Waals surface area (Å²) >= 11 is 0. The molecule has 0 atom stereocenters. The minimum absolute atomic E-state index is 0.0663. The van der Waals surface area contributed by atoms with Crippen LogP contribution in [-0.2, 0) is 23.1 Å². The van der Waals surface area contributed by atoms with Gasteiger partial charge in [0.15, 0.2) is 5.82 Å². The van der Waals surface area contributed by atoms with Crippen LogP contribution in [0.1, 0.15) is 26.3 Å². The molecule has 0 aliphatic rings. The van der Waals surface area contributed by atoms with Crippen LogP contribution in [0.15, 0.2) is 30.6 Å². The molecule has 10 heteroatoms. The van der Waals surface area contributed by atoms with Crippen LogP contribution in [0.25, 0.3) is 33.3 Å². The second-order valence-corrected chi connectivity index (χ2v) is 8.91. The summed E-state index contributed by atoms with van der Waals surface area (Å²) in [5, 5.41) is 9.94. The molecule has 0 unspecified atom stereocenters. The Bertz CT molecular complexity index is 1490. The number of benzene rings is 1. The minimum Gasteiger partial charge on any atom is -0.443 e. The highest BCUT2D eigenvalue weighted by Gasteiger charge is 2.26. The molecule has 3 heterocycles. The Kier molecular flexibility index (Phi) is 5.57. The summed E-state index contributed by atoms with van der Waals surface area (Å²) < 4.78 is 23.1. The molecule has 0 saturated heterocycles. The predicted molar refractivity (Wildman–Crippen MR) is 125 cm³/mol. The Morgan fingerprint density at radius 3 is 2.68 bits per heavy atom. The van der Waals surface area contributed by atoms with Gasteiger partial charge in [-0.15, -0.1) is 0 Å². The highest BCUT2D eigenvalue weighted by Crippen LogP contribution is 2.36. The quantitative estimate of drug-likeness (QED) is 0.422. The molecule has 0 radical (unpaired) electrons. The third-order valence-corrected chi connectivity index (χ3v) is 5.25. The lowest BCUT2D eigenvalue weighted by Crippen LogP contribution is -2.34. The number of aromatic nitrogens is 4. The molecule has 34 heavy (non-hydrogen) atoms. The van der Waals surface area contributed by atoms with Crippen LogP contribution < -0.4 is 4.90 Å². The lowest BCUT2D eigenvalue weighted by atomic mass is 10.1. The van der Waals surface area contributed by atoms with E-state index in [4.69, 9.17) is 9.72 Å². The molecule has 4 rings (SSSR count). The van der Waals surface area contributed by atoms with Gasteiger partial charge >= 0.3 is 6.09 Å². The van der Waals surface area contributed by atoms with Gasteiger partial charge in [-0.1, -0.05) is 0 Å². The van der Waals surface area contributed by atoms with Crippen LogP contribution in [0.5, 0.6) is 0 Å². The largest absolute Gasteiger partial charge is 0.443 e. The number of aryl methyl sites for hydroxylation is 1. The summed E-state index contributed by atoms with van der Waals surface area (Å²) in [6.07, 6.45) is 1.70. The molecular formula is C24H23FN6O3. The van der Waals surface area contributed by atoms with Gasteiger partial charge in [0.1, 0.15) is 28.9 Å². The fourth-order valence-electron chi connectivity index (χ4n) is 3.85. The molecule has 0 aliphatic carbocycles. The lowest BCUT2D eigenvalue weighted by Gasteiger charge is -2.24. The van der Waals surface area contributed by atoms with Gasteiger partial charge in [-0.2, -0.15) is 5.26 Å². The number of nitrogens with zero attached hydrogens (tertiary/aromatic N) is 6. The van der Waals surface area contributed by atoms with Gasteiger partial charge in [0.2, 0.25) is 0 Å². The van der Waals surface area contributed by atoms with E-state index in [9.17, 15) is 19.2 Å². The molecule has 9 nitrogen and oxygen atoms in total. The zero-order chi connectivity index (χ0) is 24.8. The smallest absolute Gasteiger partial charge is 0.415 e. The number of carbonyl (C=O) groups is 2. The van der Waals surface area contributed by atoms with Gasteiger partial charge in [0.05, 0.1) is 35.7 Å². The van der Waals surface area contributed by atoms with E-state index in [0.29, 0.717) is 39.6 Å². The van der Waals surface area contributed by atoms with Gasteiger partial charge in [-0.05, 0) is 45.0 Å². The summed E-state index contributed by atoms with van der Waals surface area (Å²) in [7, 11) is 3.34. The Labute approximate surface area is 195 Å². The topological polar surface area (TPSA) is 106 Å². The Morgan fingerprint density at radius 1 is 1.29 bits per heavy atom. The van der Waals surface area contributed by atoms with Gasteiger partial charge in [0.25, 0.3) is 0 Å². The van der Waals surface area contributed by atoms with Crippen molar-refractivity contribution in [3.05, 3.63) is 42.0 Å². The van der Waals surface area contributed by atoms with Crippen LogP contribution in [0, 0.1) is 17.1 Å². The molecule has 0 saturated carbocycles. The molecular weight excluding hydrogens is 439 g/mol. The Hall–Kier alpha value is -4.26. The highest BCUT2D eigenvalue weighted by molar-refractivity contribution is 6.10. The van der Waals surface area contributed by atoms with E-state index in [1.54, 1.807) is 55.4 Å². The van der Waals surface area contributed by atoms with E-state index in [1.807, 2.05) is 6.07 Å². The number of aldehydes is 1. The number of fused-ring (bicyclic) bond motifs is 3. The SMILES string of the molecule is CN(C(=O)OC(C)(C)C)c1nc2c(cc(-c3cc(F)cc(C#N)c3)n2CC=O)c2c1ncn2C. The van der Waals surface area contributed by atoms with Crippen molar-refractivity contribution >= 4 is 40.3 Å². The van der Waals surface area contributed by atoms with Crippen molar-refractivity contribution in [2.24, 2.45) is 7.05 Å². The van der Waals surface area contributed by atoms with Crippen molar-refractivity contribution in [1.29, 1.82) is 5.26 Å². The monoisotopic (exact) mass is 462 g/mol. The van der Waals surface area contributed by atoms with Crippen molar-refractivity contribution in [2.75, 3.05) is 11.9 Å². The third kappa shape index (κ3) is 3.96. The number of ether oxygens (including phenoxy) is 1. The molecule has 0 fully saturated rings. The summed E-state index contributed by atoms with van der Waals surface area (Å²) in [6, 6.07) is 7.71. The molecule has 0 N–H and O–H groups in total. The number of amides is 1. The highest BCUT2D eigenvalue weighted by atomic mass is 19.1. The first kappa shape index (κ1) is 22.9. The van der Waals surface area contributed by atoms with Gasteiger partial charge < -0.3 is 18.7 Å². The van der Waals surface area contributed by atoms with Crippen LogP contribution in [0.3, 0.4) is 0 Å². The maximum absolute atomic E-state index is 14.2. The molecule has 0 spiro atoms. The van der Waals surface area contributed by atoms with Crippen molar-refractivity contribution < 1.29 is 18.7 Å². The number of hydrogen-bond acceptors (Lipinski definition) is 6. The van der Waals surface area contributed by atoms with Crippen molar-refractivity contribution in [3.8, 4) is 17.3 Å². The van der Waals surface area contributed by atoms with E-state index in [1.165, 1.54) is 18.0 Å². The second kappa shape index (κ2) is 8.26. The summed E-state index contributed by atoms with van der Waals surface area (Å²) in [5.41, 5.74) is 1.93. The number of anilines is 1. The Morgan fingerprint density at radius 2 is 2.03 bits per heavy atom. The summed E-state index contributed by atoms with van der Waals surface area (Å²) in [6.45, 7) is 5.23. The van der Waals surface area contributed by atoms with Crippen LogP contribution in [0.2, 0.25) is 0 Å². The summed E-state index contributed by atoms with van der Waals surface area (Å²) in [5.74, 6) is -0.313. The fraction of sp³-hybridized carbons (Fsp3) is 0.292. The van der Waals surface area contributed by atoms with Crippen LogP contribution >= 0.6 is 0 Å². The number of hydrogen-bond donors (Lipinski definition) is 0. The molecule has 4 aromatic rings. The van der Waals surface area contributed by atoms with E-state index in [2.05, 4.69) is 4.98 Å². The number of carbonyl (C=O) groups excluding carboxylic acids is 2. The lowest BCUT2D eigenvalue weighted by molar-refractivity contribution is -0.108.